The summed E-state index contributed by atoms with van der Waals surface area (Å²) in [5, 5.41) is 0. The first-order valence-corrected chi connectivity index (χ1v) is 5.79. The molecule has 0 bridgehead atoms. The minimum Gasteiger partial charge on any atom is -0.458 e. The molecule has 2 aromatic rings. The Labute approximate surface area is 104 Å². The van der Waals surface area contributed by atoms with Crippen LogP contribution in [0.4, 0.5) is 0 Å². The molecule has 4 nitrogen and oxygen atoms in total. The Hall–Kier alpha value is -1.75. The number of aromatic amines is 1. The molecule has 0 fully saturated rings. The summed E-state index contributed by atoms with van der Waals surface area (Å²) in [4.78, 5) is 18.3. The van der Waals surface area contributed by atoms with Gasteiger partial charge in [0, 0.05) is 11.8 Å². The fourth-order valence-corrected chi connectivity index (χ4v) is 1.47. The van der Waals surface area contributed by atoms with Gasteiger partial charge in [0.25, 0.3) is 0 Å². The van der Waals surface area contributed by atoms with Crippen molar-refractivity contribution in [1.82, 2.24) is 9.97 Å². The number of aromatic nitrogens is 2. The largest absolute Gasteiger partial charge is 0.458 e. The number of benzene rings is 1. The first kappa shape index (κ1) is 11.7. The molecule has 0 saturated heterocycles. The van der Waals surface area contributed by atoms with E-state index in [2.05, 4.69) is 22.6 Å². The maximum atomic E-state index is 10.9. The molecule has 0 unspecified atom stereocenters. The van der Waals surface area contributed by atoms with Gasteiger partial charge >= 0.3 is 5.97 Å². The molecule has 0 aliphatic rings. The lowest BCUT2D eigenvalue weighted by molar-refractivity contribution is -0.141. The third kappa shape index (κ3) is 3.10. The standard InChI is InChI=1S/C12H12N2O2S/c15-11(8-17)16-7-10-6-13-12(14-10)9-4-2-1-3-5-9/h1-6,17H,7-8H2,(H,13,14). The number of ether oxygens (including phenoxy) is 1. The van der Waals surface area contributed by atoms with E-state index in [1.165, 1.54) is 0 Å². The lowest BCUT2D eigenvalue weighted by Gasteiger charge is -1.98. The molecule has 2 rings (SSSR count). The number of H-pyrrole nitrogens is 1. The van der Waals surface area contributed by atoms with Crippen molar-refractivity contribution in [2.24, 2.45) is 0 Å². The van der Waals surface area contributed by atoms with Crippen molar-refractivity contribution in [3.8, 4) is 11.4 Å². The van der Waals surface area contributed by atoms with Crippen molar-refractivity contribution in [2.45, 2.75) is 6.61 Å². The van der Waals surface area contributed by atoms with Crippen molar-refractivity contribution in [1.29, 1.82) is 0 Å². The van der Waals surface area contributed by atoms with Gasteiger partial charge in [-0.2, -0.15) is 12.6 Å². The van der Waals surface area contributed by atoms with Gasteiger partial charge in [-0.25, -0.2) is 4.98 Å². The maximum absolute atomic E-state index is 10.9. The van der Waals surface area contributed by atoms with Gasteiger partial charge in [-0.1, -0.05) is 30.3 Å². The second-order valence-corrected chi connectivity index (χ2v) is 3.74. The summed E-state index contributed by atoms with van der Waals surface area (Å²) in [6, 6.07) is 9.75. The Morgan fingerprint density at radius 2 is 2.12 bits per heavy atom. The highest BCUT2D eigenvalue weighted by Gasteiger charge is 2.05. The van der Waals surface area contributed by atoms with Crippen LogP contribution < -0.4 is 0 Å². The summed E-state index contributed by atoms with van der Waals surface area (Å²) in [6.45, 7) is 0.169. The number of rotatable bonds is 4. The topological polar surface area (TPSA) is 55.0 Å². The van der Waals surface area contributed by atoms with E-state index in [1.54, 1.807) is 6.20 Å². The minimum atomic E-state index is -0.349. The molecule has 17 heavy (non-hydrogen) atoms. The van der Waals surface area contributed by atoms with Gasteiger partial charge < -0.3 is 9.72 Å². The summed E-state index contributed by atoms with van der Waals surface area (Å²) in [7, 11) is 0. The summed E-state index contributed by atoms with van der Waals surface area (Å²) < 4.78 is 4.93. The van der Waals surface area contributed by atoms with Crippen LogP contribution in [0, 0.1) is 0 Å². The lowest BCUT2D eigenvalue weighted by Crippen LogP contribution is -2.05. The highest BCUT2D eigenvalue weighted by molar-refractivity contribution is 7.81. The number of imidazole rings is 1. The SMILES string of the molecule is O=C(CS)OCc1c[nH]c(-c2ccccc2)n1. The Balaban J connectivity index is 2.04. The van der Waals surface area contributed by atoms with E-state index in [9.17, 15) is 4.79 Å². The predicted octanol–water partition coefficient (Wildman–Crippen LogP) is 2.05. The monoisotopic (exact) mass is 248 g/mol. The van der Waals surface area contributed by atoms with Crippen LogP contribution >= 0.6 is 12.6 Å². The van der Waals surface area contributed by atoms with E-state index in [0.717, 1.165) is 11.4 Å². The van der Waals surface area contributed by atoms with Gasteiger partial charge in [0.2, 0.25) is 0 Å². The number of nitrogens with one attached hydrogen (secondary N) is 1. The maximum Gasteiger partial charge on any atom is 0.316 e. The van der Waals surface area contributed by atoms with Crippen LogP contribution in [0.1, 0.15) is 5.69 Å². The zero-order chi connectivity index (χ0) is 12.1. The van der Waals surface area contributed by atoms with Crippen LogP contribution in [0.25, 0.3) is 11.4 Å². The third-order valence-electron chi connectivity index (χ3n) is 2.19. The molecule has 0 aliphatic heterocycles. The van der Waals surface area contributed by atoms with E-state index < -0.39 is 0 Å². The second-order valence-electron chi connectivity index (χ2n) is 3.43. The van der Waals surface area contributed by atoms with E-state index >= 15 is 0 Å². The quantitative estimate of drug-likeness (QED) is 0.643. The van der Waals surface area contributed by atoms with Crippen LogP contribution in [0.2, 0.25) is 0 Å². The zero-order valence-electron chi connectivity index (χ0n) is 9.09. The molecule has 1 aromatic carbocycles. The molecule has 0 aliphatic carbocycles. The molecule has 5 heteroatoms. The number of nitrogens with zero attached hydrogens (tertiary/aromatic N) is 1. The highest BCUT2D eigenvalue weighted by Crippen LogP contribution is 2.14. The number of carbonyl (C=O) groups excluding carboxylic acids is 1. The number of carbonyl (C=O) groups is 1. The number of hydrogen-bond acceptors (Lipinski definition) is 4. The molecule has 0 amide bonds. The van der Waals surface area contributed by atoms with Crippen LogP contribution in [0.15, 0.2) is 36.5 Å². The van der Waals surface area contributed by atoms with E-state index in [4.69, 9.17) is 4.74 Å². The normalized spacial score (nSPS) is 10.2. The Bertz CT molecular complexity index is 496. The number of hydrogen-bond donors (Lipinski definition) is 2. The molecule has 0 saturated carbocycles. The van der Waals surface area contributed by atoms with E-state index in [1.807, 2.05) is 30.3 Å². The van der Waals surface area contributed by atoms with Gasteiger partial charge in [0.15, 0.2) is 0 Å². The van der Waals surface area contributed by atoms with Crippen LogP contribution in [0.3, 0.4) is 0 Å². The first-order chi connectivity index (χ1) is 8.29. The molecule has 1 aromatic heterocycles. The zero-order valence-corrected chi connectivity index (χ0v) is 9.98. The smallest absolute Gasteiger partial charge is 0.316 e. The van der Waals surface area contributed by atoms with Crippen molar-refractivity contribution in [2.75, 3.05) is 5.75 Å². The molecule has 1 N–H and O–H groups in total. The van der Waals surface area contributed by atoms with Crippen molar-refractivity contribution in [3.63, 3.8) is 0 Å². The summed E-state index contributed by atoms with van der Waals surface area (Å²) in [5.41, 5.74) is 1.69. The van der Waals surface area contributed by atoms with Gasteiger partial charge in [0.05, 0.1) is 11.4 Å². The Morgan fingerprint density at radius 3 is 2.82 bits per heavy atom. The molecule has 0 radical (unpaired) electrons. The van der Waals surface area contributed by atoms with Gasteiger partial charge in [-0.05, 0) is 0 Å². The highest BCUT2D eigenvalue weighted by atomic mass is 32.1. The van der Waals surface area contributed by atoms with Crippen molar-refractivity contribution >= 4 is 18.6 Å². The number of thiol groups is 1. The molecule has 88 valence electrons. The minimum absolute atomic E-state index is 0.0793. The summed E-state index contributed by atoms with van der Waals surface area (Å²) >= 11 is 3.82. The number of esters is 1. The van der Waals surface area contributed by atoms with E-state index in [-0.39, 0.29) is 18.3 Å². The van der Waals surface area contributed by atoms with Crippen LogP contribution in [-0.4, -0.2) is 21.7 Å². The van der Waals surface area contributed by atoms with Crippen LogP contribution in [-0.2, 0) is 16.1 Å². The van der Waals surface area contributed by atoms with Gasteiger partial charge in [0.1, 0.15) is 12.4 Å². The Morgan fingerprint density at radius 1 is 1.35 bits per heavy atom. The van der Waals surface area contributed by atoms with E-state index in [0.29, 0.717) is 5.69 Å². The molecule has 0 spiro atoms. The van der Waals surface area contributed by atoms with Gasteiger partial charge in [-0.15, -0.1) is 0 Å². The third-order valence-corrected chi connectivity index (χ3v) is 2.45. The average molecular weight is 248 g/mol. The molecule has 0 atom stereocenters. The average Bonchev–Trinajstić information content (AvgIpc) is 2.86. The second kappa shape index (κ2) is 5.54. The summed E-state index contributed by atoms with van der Waals surface area (Å²) in [5.74, 6) is 0.496. The first-order valence-electron chi connectivity index (χ1n) is 5.16. The Kier molecular flexibility index (Phi) is 3.82. The van der Waals surface area contributed by atoms with Crippen molar-refractivity contribution in [3.05, 3.63) is 42.2 Å². The van der Waals surface area contributed by atoms with Crippen molar-refractivity contribution < 1.29 is 9.53 Å². The summed E-state index contributed by atoms with van der Waals surface area (Å²) in [6.07, 6.45) is 1.73. The predicted molar refractivity (Wildman–Crippen MR) is 67.7 cm³/mol. The van der Waals surface area contributed by atoms with Gasteiger partial charge in [-0.3, -0.25) is 4.79 Å². The fraction of sp³-hybridized carbons (Fsp3) is 0.167. The lowest BCUT2D eigenvalue weighted by atomic mass is 10.2. The fourth-order valence-electron chi connectivity index (χ4n) is 1.38. The molecular formula is C12H12N2O2S. The van der Waals surface area contributed by atoms with Crippen LogP contribution in [0.5, 0.6) is 0 Å². The molecule has 1 heterocycles. The molecular weight excluding hydrogens is 236 g/mol.